The summed E-state index contributed by atoms with van der Waals surface area (Å²) < 4.78 is 2.16. The van der Waals surface area contributed by atoms with Gasteiger partial charge in [-0.2, -0.15) is 0 Å². The summed E-state index contributed by atoms with van der Waals surface area (Å²) in [6.07, 6.45) is 7.74. The van der Waals surface area contributed by atoms with Gasteiger partial charge >= 0.3 is 0 Å². The van der Waals surface area contributed by atoms with Gasteiger partial charge in [-0.1, -0.05) is 6.42 Å². The number of aromatic nitrogens is 4. The molecule has 0 fully saturated rings. The molecular formula is C16H21N5OS. The Balaban J connectivity index is 1.64. The maximum Gasteiger partial charge on any atom is 0.244 e. The van der Waals surface area contributed by atoms with Gasteiger partial charge in [0.25, 0.3) is 0 Å². The Morgan fingerprint density at radius 1 is 1.39 bits per heavy atom. The number of hydrogen-bond acceptors (Lipinski definition) is 5. The van der Waals surface area contributed by atoms with Gasteiger partial charge in [0, 0.05) is 24.4 Å². The normalized spacial score (nSPS) is 16.1. The molecule has 122 valence electrons. The molecule has 1 atom stereocenters. The molecular weight excluding hydrogens is 310 g/mol. The van der Waals surface area contributed by atoms with E-state index in [1.54, 1.807) is 17.4 Å². The minimum absolute atomic E-state index is 0.144. The molecule has 0 bridgehead atoms. The second kappa shape index (κ2) is 7.04. The van der Waals surface area contributed by atoms with Gasteiger partial charge in [0.2, 0.25) is 5.91 Å². The van der Waals surface area contributed by atoms with Crippen molar-refractivity contribution in [3.63, 3.8) is 0 Å². The third kappa shape index (κ3) is 3.85. The van der Waals surface area contributed by atoms with Crippen LogP contribution in [0.4, 0.5) is 0 Å². The average Bonchev–Trinajstić information content (AvgIpc) is 3.05. The first-order chi connectivity index (χ1) is 11.1. The molecule has 1 aliphatic rings. The Hall–Kier alpha value is -2.02. The Labute approximate surface area is 139 Å². The van der Waals surface area contributed by atoms with Gasteiger partial charge in [-0.15, -0.1) is 21.5 Å². The average molecular weight is 331 g/mol. The highest BCUT2D eigenvalue weighted by Gasteiger charge is 2.19. The quantitative estimate of drug-likeness (QED) is 0.874. The van der Waals surface area contributed by atoms with Gasteiger partial charge < -0.3 is 9.88 Å². The Morgan fingerprint density at radius 2 is 2.26 bits per heavy atom. The van der Waals surface area contributed by atoms with Crippen LogP contribution in [0.15, 0.2) is 11.5 Å². The lowest BCUT2D eigenvalue weighted by atomic mass is 10.2. The van der Waals surface area contributed by atoms with E-state index in [1.807, 2.05) is 19.2 Å². The smallest absolute Gasteiger partial charge is 0.244 e. The highest BCUT2D eigenvalue weighted by atomic mass is 32.1. The van der Waals surface area contributed by atoms with E-state index >= 15 is 0 Å². The van der Waals surface area contributed by atoms with Crippen molar-refractivity contribution in [3.8, 4) is 0 Å². The number of carbonyl (C=O) groups excluding carboxylic acids is 1. The molecule has 7 heteroatoms. The van der Waals surface area contributed by atoms with E-state index in [0.29, 0.717) is 0 Å². The standard InChI is InChI=1S/C16H21N5OS/c1-11(16-20-19-14-6-4-3-5-9-21(14)16)17-15(22)8-7-13-10-23-12(2)18-13/h7-8,10-11H,3-6,9H2,1-2H3,(H,17,22)/b8-7-/t11-/m1/s1. The fourth-order valence-electron chi connectivity index (χ4n) is 2.77. The van der Waals surface area contributed by atoms with Gasteiger partial charge in [0.1, 0.15) is 5.82 Å². The van der Waals surface area contributed by atoms with Crippen LogP contribution in [0.2, 0.25) is 0 Å². The second-order valence-corrected chi connectivity index (χ2v) is 6.85. The Morgan fingerprint density at radius 3 is 3.04 bits per heavy atom. The number of carbonyl (C=O) groups is 1. The van der Waals surface area contributed by atoms with Gasteiger partial charge in [0.15, 0.2) is 5.82 Å². The number of fused-ring (bicyclic) bond motifs is 1. The Kier molecular flexibility index (Phi) is 4.85. The lowest BCUT2D eigenvalue weighted by Crippen LogP contribution is -2.27. The predicted octanol–water partition coefficient (Wildman–Crippen LogP) is 2.66. The zero-order valence-electron chi connectivity index (χ0n) is 13.5. The van der Waals surface area contributed by atoms with Crippen molar-refractivity contribution in [1.29, 1.82) is 0 Å². The van der Waals surface area contributed by atoms with Crippen LogP contribution in [0.25, 0.3) is 6.08 Å². The minimum atomic E-state index is -0.163. The predicted molar refractivity (Wildman–Crippen MR) is 90.0 cm³/mol. The third-order valence-electron chi connectivity index (χ3n) is 3.93. The SMILES string of the molecule is Cc1nc(/C=C\C(=O)N[C@H](C)c2nnc3n2CCCCC3)cs1. The van der Waals surface area contributed by atoms with E-state index in [1.165, 1.54) is 12.5 Å². The van der Waals surface area contributed by atoms with E-state index in [9.17, 15) is 4.79 Å². The van der Waals surface area contributed by atoms with Crippen LogP contribution >= 0.6 is 11.3 Å². The van der Waals surface area contributed by atoms with Crippen LogP contribution in [-0.2, 0) is 17.8 Å². The number of thiazole rings is 1. The number of nitrogens with one attached hydrogen (secondary N) is 1. The number of aryl methyl sites for hydroxylation is 2. The molecule has 1 amide bonds. The zero-order chi connectivity index (χ0) is 16.2. The maximum absolute atomic E-state index is 12.1. The fraction of sp³-hybridized carbons (Fsp3) is 0.500. The molecule has 0 radical (unpaired) electrons. The minimum Gasteiger partial charge on any atom is -0.343 e. The number of rotatable bonds is 4. The first-order valence-electron chi connectivity index (χ1n) is 7.96. The lowest BCUT2D eigenvalue weighted by molar-refractivity contribution is -0.117. The molecule has 3 rings (SSSR count). The summed E-state index contributed by atoms with van der Waals surface area (Å²) in [6, 6.07) is -0.163. The van der Waals surface area contributed by atoms with Crippen molar-refractivity contribution < 1.29 is 4.79 Å². The van der Waals surface area contributed by atoms with Crippen molar-refractivity contribution in [1.82, 2.24) is 25.1 Å². The summed E-state index contributed by atoms with van der Waals surface area (Å²) in [5.41, 5.74) is 0.812. The van der Waals surface area contributed by atoms with Crippen molar-refractivity contribution in [2.75, 3.05) is 0 Å². The molecule has 23 heavy (non-hydrogen) atoms. The van der Waals surface area contributed by atoms with E-state index < -0.39 is 0 Å². The van der Waals surface area contributed by atoms with Gasteiger partial charge in [-0.3, -0.25) is 4.79 Å². The van der Waals surface area contributed by atoms with Crippen LogP contribution in [0.3, 0.4) is 0 Å². The number of nitrogens with zero attached hydrogens (tertiary/aromatic N) is 4. The summed E-state index contributed by atoms with van der Waals surface area (Å²) >= 11 is 1.57. The van der Waals surface area contributed by atoms with Crippen molar-refractivity contribution in [3.05, 3.63) is 33.8 Å². The Bertz CT molecular complexity index is 718. The highest BCUT2D eigenvalue weighted by Crippen LogP contribution is 2.18. The van der Waals surface area contributed by atoms with E-state index in [0.717, 1.165) is 48.2 Å². The second-order valence-electron chi connectivity index (χ2n) is 5.79. The van der Waals surface area contributed by atoms with E-state index in [-0.39, 0.29) is 11.9 Å². The molecule has 0 spiro atoms. The van der Waals surface area contributed by atoms with Gasteiger partial charge in [-0.05, 0) is 32.8 Å². The van der Waals surface area contributed by atoms with Crippen LogP contribution in [0.5, 0.6) is 0 Å². The highest BCUT2D eigenvalue weighted by molar-refractivity contribution is 7.09. The molecule has 0 aliphatic carbocycles. The summed E-state index contributed by atoms with van der Waals surface area (Å²) in [5.74, 6) is 1.73. The summed E-state index contributed by atoms with van der Waals surface area (Å²) in [4.78, 5) is 16.4. The number of amides is 1. The fourth-order valence-corrected chi connectivity index (χ4v) is 3.35. The van der Waals surface area contributed by atoms with Crippen LogP contribution in [0, 0.1) is 6.92 Å². The molecule has 3 heterocycles. The molecule has 2 aromatic rings. The molecule has 0 saturated carbocycles. The molecule has 0 saturated heterocycles. The molecule has 2 aromatic heterocycles. The van der Waals surface area contributed by atoms with Crippen molar-refractivity contribution in [2.45, 2.75) is 52.1 Å². The van der Waals surface area contributed by atoms with E-state index in [4.69, 9.17) is 0 Å². The van der Waals surface area contributed by atoms with Crippen molar-refractivity contribution >= 4 is 23.3 Å². The summed E-state index contributed by atoms with van der Waals surface area (Å²) in [7, 11) is 0. The molecule has 0 aromatic carbocycles. The van der Waals surface area contributed by atoms with E-state index in [2.05, 4.69) is 25.1 Å². The molecule has 0 unspecified atom stereocenters. The zero-order valence-corrected chi connectivity index (χ0v) is 14.3. The maximum atomic E-state index is 12.1. The summed E-state index contributed by atoms with van der Waals surface area (Å²) in [6.45, 7) is 4.83. The molecule has 1 aliphatic heterocycles. The van der Waals surface area contributed by atoms with Gasteiger partial charge in [0.05, 0.1) is 16.7 Å². The topological polar surface area (TPSA) is 72.7 Å². The van der Waals surface area contributed by atoms with Crippen molar-refractivity contribution in [2.24, 2.45) is 0 Å². The third-order valence-corrected chi connectivity index (χ3v) is 4.72. The monoisotopic (exact) mass is 331 g/mol. The first kappa shape index (κ1) is 15.9. The largest absolute Gasteiger partial charge is 0.343 e. The first-order valence-corrected chi connectivity index (χ1v) is 8.84. The lowest BCUT2D eigenvalue weighted by Gasteiger charge is -2.14. The number of hydrogen-bond donors (Lipinski definition) is 1. The van der Waals surface area contributed by atoms with Crippen LogP contribution in [0.1, 0.15) is 54.6 Å². The summed E-state index contributed by atoms with van der Waals surface area (Å²) in [5, 5.41) is 14.4. The van der Waals surface area contributed by atoms with Crippen LogP contribution in [-0.4, -0.2) is 25.7 Å². The van der Waals surface area contributed by atoms with Gasteiger partial charge in [-0.25, -0.2) is 4.98 Å². The molecule has 6 nitrogen and oxygen atoms in total. The van der Waals surface area contributed by atoms with Crippen LogP contribution < -0.4 is 5.32 Å². The molecule has 1 N–H and O–H groups in total.